The van der Waals surface area contributed by atoms with E-state index in [2.05, 4.69) is 13.2 Å². The second-order valence-corrected chi connectivity index (χ2v) is 8.50. The van der Waals surface area contributed by atoms with Gasteiger partial charge in [-0.3, -0.25) is 4.79 Å². The van der Waals surface area contributed by atoms with Crippen LogP contribution in [0.1, 0.15) is 45.2 Å². The zero-order valence-corrected chi connectivity index (χ0v) is 19.4. The van der Waals surface area contributed by atoms with Gasteiger partial charge in [-0.1, -0.05) is 39.1 Å². The molecule has 0 aliphatic heterocycles. The zero-order valence-electron chi connectivity index (χ0n) is 19.4. The lowest BCUT2D eigenvalue weighted by molar-refractivity contribution is -0.138. The second kappa shape index (κ2) is 9.86. The van der Waals surface area contributed by atoms with E-state index in [1.807, 2.05) is 12.1 Å². The first-order chi connectivity index (χ1) is 15.6. The molecule has 1 aliphatic rings. The summed E-state index contributed by atoms with van der Waals surface area (Å²) in [5, 5.41) is 0. The highest BCUT2D eigenvalue weighted by molar-refractivity contribution is 5.90. The maximum atomic E-state index is 12.2. The van der Waals surface area contributed by atoms with Gasteiger partial charge in [0.15, 0.2) is 11.5 Å². The van der Waals surface area contributed by atoms with Crippen molar-refractivity contribution in [2.24, 2.45) is 5.92 Å². The number of carbonyl (C=O) groups is 3. The van der Waals surface area contributed by atoms with E-state index in [-0.39, 0.29) is 23.0 Å². The van der Waals surface area contributed by atoms with Gasteiger partial charge in [-0.2, -0.15) is 0 Å². The SMILES string of the molecule is C=C(C)C(=O)Oc1cc(-c2ccc(OC(=O)C(=C)C)c3c2CCC3)ccc1OC(=O)C(C)C. The van der Waals surface area contributed by atoms with Crippen molar-refractivity contribution in [2.45, 2.75) is 47.0 Å². The Morgan fingerprint density at radius 2 is 1.36 bits per heavy atom. The highest BCUT2D eigenvalue weighted by Crippen LogP contribution is 2.41. The molecule has 0 heterocycles. The summed E-state index contributed by atoms with van der Waals surface area (Å²) in [7, 11) is 0. The van der Waals surface area contributed by atoms with Crippen LogP contribution < -0.4 is 14.2 Å². The average molecular weight is 449 g/mol. The molecule has 0 bridgehead atoms. The molecule has 0 fully saturated rings. The molecule has 0 aromatic heterocycles. The van der Waals surface area contributed by atoms with Crippen molar-refractivity contribution >= 4 is 17.9 Å². The maximum Gasteiger partial charge on any atom is 0.338 e. The van der Waals surface area contributed by atoms with Crippen LogP contribution in [0.15, 0.2) is 54.6 Å². The molecule has 33 heavy (non-hydrogen) atoms. The Balaban J connectivity index is 2.04. The fraction of sp³-hybridized carbons (Fsp3) is 0.296. The number of fused-ring (bicyclic) bond motifs is 1. The third-order valence-electron chi connectivity index (χ3n) is 5.28. The third kappa shape index (κ3) is 5.40. The van der Waals surface area contributed by atoms with Gasteiger partial charge in [0.2, 0.25) is 0 Å². The lowest BCUT2D eigenvalue weighted by atomic mass is 9.96. The number of hydrogen-bond donors (Lipinski definition) is 0. The van der Waals surface area contributed by atoms with Crippen LogP contribution in [-0.4, -0.2) is 17.9 Å². The topological polar surface area (TPSA) is 78.9 Å². The van der Waals surface area contributed by atoms with Gasteiger partial charge in [0.25, 0.3) is 0 Å². The fourth-order valence-electron chi connectivity index (χ4n) is 3.48. The van der Waals surface area contributed by atoms with E-state index in [1.54, 1.807) is 45.9 Å². The molecule has 0 N–H and O–H groups in total. The van der Waals surface area contributed by atoms with E-state index >= 15 is 0 Å². The van der Waals surface area contributed by atoms with E-state index in [9.17, 15) is 14.4 Å². The largest absolute Gasteiger partial charge is 0.423 e. The predicted molar refractivity (Wildman–Crippen MR) is 125 cm³/mol. The standard InChI is InChI=1S/C27H28O6/c1-15(2)25(28)31-22-13-11-19(20-8-7-9-21(20)22)18-10-12-23(32-26(29)16(3)4)24(14-18)33-27(30)17(5)6/h10-14,16H,1,5,7-9H2,2-4,6H3. The average Bonchev–Trinajstić information content (AvgIpc) is 3.25. The Bertz CT molecular complexity index is 1160. The Morgan fingerprint density at radius 1 is 0.788 bits per heavy atom. The van der Waals surface area contributed by atoms with Crippen molar-refractivity contribution in [2.75, 3.05) is 0 Å². The zero-order chi connectivity index (χ0) is 24.3. The lowest BCUT2D eigenvalue weighted by Crippen LogP contribution is -2.16. The van der Waals surface area contributed by atoms with Gasteiger partial charge in [0, 0.05) is 11.1 Å². The summed E-state index contributed by atoms with van der Waals surface area (Å²) >= 11 is 0. The van der Waals surface area contributed by atoms with Gasteiger partial charge in [-0.05, 0) is 73.6 Å². The first-order valence-electron chi connectivity index (χ1n) is 10.8. The Morgan fingerprint density at radius 3 is 1.97 bits per heavy atom. The van der Waals surface area contributed by atoms with Crippen molar-refractivity contribution in [3.05, 3.63) is 65.8 Å². The summed E-state index contributed by atoms with van der Waals surface area (Å²) in [6.45, 7) is 13.9. The van der Waals surface area contributed by atoms with Crippen LogP contribution in [0.5, 0.6) is 17.2 Å². The monoisotopic (exact) mass is 448 g/mol. The molecule has 0 saturated carbocycles. The van der Waals surface area contributed by atoms with Gasteiger partial charge in [0.1, 0.15) is 5.75 Å². The minimum absolute atomic E-state index is 0.138. The van der Waals surface area contributed by atoms with Crippen LogP contribution >= 0.6 is 0 Å². The van der Waals surface area contributed by atoms with Gasteiger partial charge in [-0.25, -0.2) is 9.59 Å². The predicted octanol–water partition coefficient (Wildman–Crippen LogP) is 5.37. The van der Waals surface area contributed by atoms with Gasteiger partial charge in [-0.15, -0.1) is 0 Å². The summed E-state index contributed by atoms with van der Waals surface area (Å²) in [6, 6.07) is 8.76. The molecule has 2 aromatic rings. The van der Waals surface area contributed by atoms with Gasteiger partial charge >= 0.3 is 17.9 Å². The van der Waals surface area contributed by atoms with Gasteiger partial charge in [0.05, 0.1) is 5.92 Å². The van der Waals surface area contributed by atoms with E-state index < -0.39 is 17.9 Å². The molecule has 0 radical (unpaired) electrons. The van der Waals surface area contributed by atoms with Crippen LogP contribution in [0, 0.1) is 5.92 Å². The van der Waals surface area contributed by atoms with Crippen LogP contribution in [0.4, 0.5) is 0 Å². The highest BCUT2D eigenvalue weighted by atomic mass is 16.6. The van der Waals surface area contributed by atoms with Crippen molar-refractivity contribution in [1.82, 2.24) is 0 Å². The number of rotatable bonds is 7. The summed E-state index contributed by atoms with van der Waals surface area (Å²) < 4.78 is 16.4. The summed E-state index contributed by atoms with van der Waals surface area (Å²) in [5.41, 5.74) is 4.35. The lowest BCUT2D eigenvalue weighted by Gasteiger charge is -2.16. The second-order valence-electron chi connectivity index (χ2n) is 8.50. The molecule has 1 aliphatic carbocycles. The normalized spacial score (nSPS) is 12.2. The van der Waals surface area contributed by atoms with Crippen molar-refractivity contribution in [3.8, 4) is 28.4 Å². The molecule has 3 rings (SSSR count). The molecule has 172 valence electrons. The molecule has 2 aromatic carbocycles. The smallest absolute Gasteiger partial charge is 0.338 e. The van der Waals surface area contributed by atoms with Gasteiger partial charge < -0.3 is 14.2 Å². The summed E-state index contributed by atoms with van der Waals surface area (Å²) in [6.07, 6.45) is 2.56. The molecule has 0 unspecified atom stereocenters. The summed E-state index contributed by atoms with van der Waals surface area (Å²) in [4.78, 5) is 36.4. The number of carbonyl (C=O) groups excluding carboxylic acids is 3. The van der Waals surface area contributed by atoms with E-state index in [4.69, 9.17) is 14.2 Å². The van der Waals surface area contributed by atoms with E-state index in [0.717, 1.165) is 41.5 Å². The van der Waals surface area contributed by atoms with Crippen LogP contribution in [0.2, 0.25) is 0 Å². The number of hydrogen-bond acceptors (Lipinski definition) is 6. The number of esters is 3. The van der Waals surface area contributed by atoms with Crippen LogP contribution in [0.3, 0.4) is 0 Å². The molecule has 0 saturated heterocycles. The molecule has 0 amide bonds. The minimum atomic E-state index is -0.610. The minimum Gasteiger partial charge on any atom is -0.423 e. The third-order valence-corrected chi connectivity index (χ3v) is 5.28. The summed E-state index contributed by atoms with van der Waals surface area (Å²) in [5.74, 6) is -0.999. The highest BCUT2D eigenvalue weighted by Gasteiger charge is 2.23. The first kappa shape index (κ1) is 24.0. The van der Waals surface area contributed by atoms with Crippen LogP contribution in [-0.2, 0) is 27.2 Å². The van der Waals surface area contributed by atoms with Crippen LogP contribution in [0.25, 0.3) is 11.1 Å². The quantitative estimate of drug-likeness (QED) is 0.322. The molecule has 0 atom stereocenters. The fourth-order valence-corrected chi connectivity index (χ4v) is 3.48. The number of benzene rings is 2. The van der Waals surface area contributed by atoms with E-state index in [0.29, 0.717) is 11.3 Å². The Kier molecular flexibility index (Phi) is 7.16. The molecular formula is C27H28O6. The Labute approximate surface area is 193 Å². The number of ether oxygens (including phenoxy) is 3. The van der Waals surface area contributed by atoms with E-state index in [1.165, 1.54) is 0 Å². The van der Waals surface area contributed by atoms with Crippen molar-refractivity contribution in [1.29, 1.82) is 0 Å². The van der Waals surface area contributed by atoms with Crippen molar-refractivity contribution < 1.29 is 28.6 Å². The molecule has 0 spiro atoms. The van der Waals surface area contributed by atoms with Crippen molar-refractivity contribution in [3.63, 3.8) is 0 Å². The Hall–Kier alpha value is -3.67. The first-order valence-corrected chi connectivity index (χ1v) is 10.8. The molecule has 6 nitrogen and oxygen atoms in total. The maximum absolute atomic E-state index is 12.2. The molecular weight excluding hydrogens is 420 g/mol. The molecule has 6 heteroatoms.